The smallest absolute Gasteiger partial charge is 0.234 e. The summed E-state index contributed by atoms with van der Waals surface area (Å²) in [5.41, 5.74) is 1.42. The lowest BCUT2D eigenvalue weighted by molar-refractivity contribution is 0.171. The number of hydrogen-bond donors (Lipinski definition) is 1. The van der Waals surface area contributed by atoms with Crippen molar-refractivity contribution < 1.29 is 31.8 Å². The van der Waals surface area contributed by atoms with E-state index in [1.807, 2.05) is 24.3 Å². The molecular formula is C26H24N2O7S. The van der Waals surface area contributed by atoms with E-state index in [-0.39, 0.29) is 21.7 Å². The number of anilines is 1. The van der Waals surface area contributed by atoms with Crippen molar-refractivity contribution in [2.24, 2.45) is 0 Å². The predicted octanol–water partition coefficient (Wildman–Crippen LogP) is 4.57. The molecule has 1 aromatic heterocycles. The van der Waals surface area contributed by atoms with Gasteiger partial charge in [0.05, 0.1) is 24.7 Å². The lowest BCUT2D eigenvalue weighted by Crippen LogP contribution is -2.16. The first-order valence-electron chi connectivity index (χ1n) is 11.2. The number of rotatable bonds is 8. The number of para-hydroxylation sites is 1. The van der Waals surface area contributed by atoms with Gasteiger partial charge in [0.1, 0.15) is 24.7 Å². The number of benzene rings is 3. The van der Waals surface area contributed by atoms with Crippen LogP contribution < -0.4 is 24.3 Å². The average Bonchev–Trinajstić information content (AvgIpc) is 3.37. The molecule has 0 radical (unpaired) electrons. The van der Waals surface area contributed by atoms with Crippen molar-refractivity contribution in [1.82, 2.24) is 4.98 Å². The molecule has 0 amide bonds. The molecule has 1 aliphatic rings. The van der Waals surface area contributed by atoms with E-state index in [0.717, 1.165) is 11.3 Å². The van der Waals surface area contributed by atoms with Crippen molar-refractivity contribution in [2.45, 2.75) is 16.5 Å². The summed E-state index contributed by atoms with van der Waals surface area (Å²) in [5.74, 6) is 2.21. The molecule has 186 valence electrons. The van der Waals surface area contributed by atoms with Crippen LogP contribution in [-0.4, -0.2) is 40.8 Å². The maximum Gasteiger partial charge on any atom is 0.234 e. The van der Waals surface area contributed by atoms with Crippen LogP contribution in [0.5, 0.6) is 23.0 Å². The molecule has 1 aliphatic heterocycles. The quantitative estimate of drug-likeness (QED) is 0.366. The highest BCUT2D eigenvalue weighted by atomic mass is 32.2. The number of aromatic nitrogens is 1. The Hall–Kier alpha value is -4.18. The number of nitrogens with zero attached hydrogens (tertiary/aromatic N) is 1. The van der Waals surface area contributed by atoms with Crippen LogP contribution in [0.1, 0.15) is 5.56 Å². The Morgan fingerprint density at radius 1 is 0.917 bits per heavy atom. The summed E-state index contributed by atoms with van der Waals surface area (Å²) >= 11 is 0. The molecule has 36 heavy (non-hydrogen) atoms. The summed E-state index contributed by atoms with van der Waals surface area (Å²) in [5, 5.41) is 2.84. The molecule has 0 saturated heterocycles. The number of nitrogens with one attached hydrogen (secondary N) is 1. The Morgan fingerprint density at radius 3 is 2.42 bits per heavy atom. The summed E-state index contributed by atoms with van der Waals surface area (Å²) in [6.07, 6.45) is 0. The van der Waals surface area contributed by atoms with E-state index >= 15 is 0 Å². The second-order valence-electron chi connectivity index (χ2n) is 7.86. The fourth-order valence-electron chi connectivity index (χ4n) is 3.76. The second kappa shape index (κ2) is 9.82. The highest BCUT2D eigenvalue weighted by Gasteiger charge is 2.30. The van der Waals surface area contributed by atoms with Gasteiger partial charge in [-0.2, -0.15) is 4.98 Å². The van der Waals surface area contributed by atoms with E-state index in [1.54, 1.807) is 37.4 Å². The van der Waals surface area contributed by atoms with Crippen LogP contribution in [0.25, 0.3) is 11.5 Å². The fraction of sp³-hybridized carbons (Fsp3) is 0.192. The van der Waals surface area contributed by atoms with Gasteiger partial charge in [0, 0.05) is 12.6 Å². The van der Waals surface area contributed by atoms with Crippen molar-refractivity contribution in [3.8, 4) is 34.5 Å². The lowest BCUT2D eigenvalue weighted by Gasteiger charge is -2.18. The Kier molecular flexibility index (Phi) is 6.43. The molecule has 1 N–H and O–H groups in total. The maximum atomic E-state index is 13.7. The highest BCUT2D eigenvalue weighted by Crippen LogP contribution is 2.38. The maximum absolute atomic E-state index is 13.7. The molecule has 10 heteroatoms. The molecule has 0 aliphatic carbocycles. The van der Waals surface area contributed by atoms with E-state index < -0.39 is 9.84 Å². The molecule has 0 atom stereocenters. The summed E-state index contributed by atoms with van der Waals surface area (Å²) in [6.45, 7) is 1.05. The van der Waals surface area contributed by atoms with Gasteiger partial charge >= 0.3 is 0 Å². The average molecular weight is 509 g/mol. The second-order valence-corrected chi connectivity index (χ2v) is 9.73. The van der Waals surface area contributed by atoms with Gasteiger partial charge < -0.3 is 28.7 Å². The van der Waals surface area contributed by atoms with Crippen molar-refractivity contribution in [1.29, 1.82) is 0 Å². The summed E-state index contributed by atoms with van der Waals surface area (Å²) < 4.78 is 55.1. The first-order chi connectivity index (χ1) is 17.5. The molecule has 0 bridgehead atoms. The third kappa shape index (κ3) is 4.55. The number of sulfone groups is 1. The van der Waals surface area contributed by atoms with Crippen LogP contribution in [0.15, 0.2) is 81.1 Å². The minimum absolute atomic E-state index is 0.0131. The van der Waals surface area contributed by atoms with Gasteiger partial charge in [-0.25, -0.2) is 8.42 Å². The fourth-order valence-corrected chi connectivity index (χ4v) is 5.06. The molecule has 9 nitrogen and oxygen atoms in total. The number of oxazole rings is 1. The standard InChI is InChI=1S/C26H24N2O7S/c1-31-18-9-7-17(8-10-18)16-27-25-26(28-24(35-25)20-5-3-4-6-21(20)32-2)36(29,30)19-11-12-22-23(15-19)34-14-13-33-22/h3-12,15,27H,13-14,16H2,1-2H3. The van der Waals surface area contributed by atoms with Gasteiger partial charge in [-0.3, -0.25) is 0 Å². The zero-order valence-electron chi connectivity index (χ0n) is 19.7. The van der Waals surface area contributed by atoms with Crippen LogP contribution in [0.2, 0.25) is 0 Å². The topological polar surface area (TPSA) is 109 Å². The largest absolute Gasteiger partial charge is 0.497 e. The van der Waals surface area contributed by atoms with E-state index in [9.17, 15) is 8.42 Å². The number of fused-ring (bicyclic) bond motifs is 1. The van der Waals surface area contributed by atoms with E-state index in [4.69, 9.17) is 23.4 Å². The summed E-state index contributed by atoms with van der Waals surface area (Å²) in [4.78, 5) is 4.41. The lowest BCUT2D eigenvalue weighted by atomic mass is 10.2. The van der Waals surface area contributed by atoms with Gasteiger partial charge in [-0.15, -0.1) is 0 Å². The molecule has 0 spiro atoms. The van der Waals surface area contributed by atoms with Gasteiger partial charge in [-0.1, -0.05) is 24.3 Å². The molecule has 5 rings (SSSR count). The van der Waals surface area contributed by atoms with E-state index in [0.29, 0.717) is 42.6 Å². The number of ether oxygens (including phenoxy) is 4. The first kappa shape index (κ1) is 23.6. The Balaban J connectivity index is 1.55. The molecular weight excluding hydrogens is 484 g/mol. The van der Waals surface area contributed by atoms with Gasteiger partial charge in [0.2, 0.25) is 26.6 Å². The van der Waals surface area contributed by atoms with E-state index in [2.05, 4.69) is 10.3 Å². The zero-order chi connectivity index (χ0) is 25.1. The van der Waals surface area contributed by atoms with Gasteiger partial charge in [-0.05, 0) is 42.0 Å². The molecule has 0 unspecified atom stereocenters. The predicted molar refractivity (Wildman–Crippen MR) is 132 cm³/mol. The normalized spacial score (nSPS) is 12.7. The summed E-state index contributed by atoms with van der Waals surface area (Å²) in [6, 6.07) is 19.0. The first-order valence-corrected chi connectivity index (χ1v) is 12.6. The molecule has 0 saturated carbocycles. The van der Waals surface area contributed by atoms with Gasteiger partial charge in [0.15, 0.2) is 11.5 Å². The van der Waals surface area contributed by atoms with Crippen LogP contribution in [0.3, 0.4) is 0 Å². The minimum atomic E-state index is -4.09. The summed E-state index contributed by atoms with van der Waals surface area (Å²) in [7, 11) is -0.970. The number of hydrogen-bond acceptors (Lipinski definition) is 9. The number of methoxy groups -OCH3 is 2. The third-order valence-electron chi connectivity index (χ3n) is 5.62. The van der Waals surface area contributed by atoms with Crippen LogP contribution in [0, 0.1) is 0 Å². The third-order valence-corrected chi connectivity index (χ3v) is 7.28. The van der Waals surface area contributed by atoms with Crippen LogP contribution >= 0.6 is 0 Å². The highest BCUT2D eigenvalue weighted by molar-refractivity contribution is 7.91. The molecule has 4 aromatic rings. The van der Waals surface area contributed by atoms with Crippen molar-refractivity contribution in [3.63, 3.8) is 0 Å². The van der Waals surface area contributed by atoms with Crippen LogP contribution in [0.4, 0.5) is 5.88 Å². The Labute approximate surface area is 208 Å². The molecule has 0 fully saturated rings. The minimum Gasteiger partial charge on any atom is -0.497 e. The zero-order valence-corrected chi connectivity index (χ0v) is 20.5. The Morgan fingerprint density at radius 2 is 1.67 bits per heavy atom. The molecule has 3 aromatic carbocycles. The van der Waals surface area contributed by atoms with Gasteiger partial charge in [0.25, 0.3) is 0 Å². The SMILES string of the molecule is COc1ccc(CNc2oc(-c3ccccc3OC)nc2S(=O)(=O)c2ccc3c(c2)OCCO3)cc1. The van der Waals surface area contributed by atoms with E-state index in [1.165, 1.54) is 19.2 Å². The Bertz CT molecular complexity index is 1480. The monoisotopic (exact) mass is 508 g/mol. The van der Waals surface area contributed by atoms with Crippen molar-refractivity contribution in [3.05, 3.63) is 72.3 Å². The van der Waals surface area contributed by atoms with Crippen molar-refractivity contribution in [2.75, 3.05) is 32.8 Å². The van der Waals surface area contributed by atoms with Crippen molar-refractivity contribution >= 4 is 15.7 Å². The van der Waals surface area contributed by atoms with Crippen LogP contribution in [-0.2, 0) is 16.4 Å². The molecule has 2 heterocycles.